The number of aromatic nitrogens is 1. The molecule has 3 heteroatoms. The highest BCUT2D eigenvalue weighted by Crippen LogP contribution is 2.32. The molecule has 19 heavy (non-hydrogen) atoms. The second kappa shape index (κ2) is 5.17. The number of fused-ring (bicyclic) bond motifs is 1. The van der Waals surface area contributed by atoms with Crippen LogP contribution in [0.3, 0.4) is 0 Å². The fourth-order valence-electron chi connectivity index (χ4n) is 2.79. The number of hydrogen-bond acceptors (Lipinski definition) is 2. The highest BCUT2D eigenvalue weighted by atomic mass is 16.1. The van der Waals surface area contributed by atoms with Crippen LogP contribution < -0.4 is 5.32 Å². The Balaban J connectivity index is 2.31. The van der Waals surface area contributed by atoms with Crippen LogP contribution in [0, 0.1) is 6.92 Å². The first-order valence-corrected chi connectivity index (χ1v) is 6.70. The summed E-state index contributed by atoms with van der Waals surface area (Å²) in [5.41, 5.74) is 3.70. The molecular formula is C16H22N2O. The van der Waals surface area contributed by atoms with Crippen LogP contribution in [-0.4, -0.2) is 23.9 Å². The molecule has 1 heterocycles. The number of hydrogen-bond donors (Lipinski definition) is 2. The predicted octanol–water partition coefficient (Wildman–Crippen LogP) is 2.93. The van der Waals surface area contributed by atoms with Gasteiger partial charge in [-0.1, -0.05) is 32.0 Å². The summed E-state index contributed by atoms with van der Waals surface area (Å²) in [6.45, 7) is 9.37. The molecule has 0 aliphatic carbocycles. The molecule has 3 nitrogen and oxygen atoms in total. The number of para-hydroxylation sites is 1. The lowest BCUT2D eigenvalue weighted by Crippen LogP contribution is -2.35. The van der Waals surface area contributed by atoms with Crippen molar-refractivity contribution in [3.63, 3.8) is 0 Å². The van der Waals surface area contributed by atoms with Gasteiger partial charge in [-0.3, -0.25) is 4.79 Å². The SMILES string of the molecule is CC(=O)CNCC(C)(C)c1c(C)[nH]c2ccccc12. The van der Waals surface area contributed by atoms with E-state index in [0.29, 0.717) is 6.54 Å². The minimum Gasteiger partial charge on any atom is -0.358 e. The van der Waals surface area contributed by atoms with Gasteiger partial charge in [-0.2, -0.15) is 0 Å². The Hall–Kier alpha value is -1.61. The molecule has 1 aromatic carbocycles. The fraction of sp³-hybridized carbons (Fsp3) is 0.438. The van der Waals surface area contributed by atoms with Crippen molar-refractivity contribution in [2.24, 2.45) is 0 Å². The average Bonchev–Trinajstić information content (AvgIpc) is 2.64. The molecule has 0 saturated carbocycles. The molecule has 1 aromatic heterocycles. The van der Waals surface area contributed by atoms with Gasteiger partial charge in [-0.25, -0.2) is 0 Å². The van der Waals surface area contributed by atoms with Gasteiger partial charge in [0.05, 0.1) is 6.54 Å². The summed E-state index contributed by atoms with van der Waals surface area (Å²) in [5, 5.41) is 4.51. The average molecular weight is 258 g/mol. The summed E-state index contributed by atoms with van der Waals surface area (Å²) in [7, 11) is 0. The van der Waals surface area contributed by atoms with Crippen molar-refractivity contribution in [2.75, 3.05) is 13.1 Å². The van der Waals surface area contributed by atoms with Crippen molar-refractivity contribution in [2.45, 2.75) is 33.1 Å². The third-order valence-corrected chi connectivity index (χ3v) is 3.51. The first kappa shape index (κ1) is 13.8. The second-order valence-electron chi connectivity index (χ2n) is 5.86. The molecule has 0 saturated heterocycles. The Morgan fingerprint density at radius 1 is 1.32 bits per heavy atom. The van der Waals surface area contributed by atoms with E-state index < -0.39 is 0 Å². The number of aryl methyl sites for hydroxylation is 1. The Kier molecular flexibility index (Phi) is 3.76. The summed E-state index contributed by atoms with van der Waals surface area (Å²) >= 11 is 0. The van der Waals surface area contributed by atoms with Gasteiger partial charge in [0.15, 0.2) is 0 Å². The molecule has 0 unspecified atom stereocenters. The number of aromatic amines is 1. The van der Waals surface area contributed by atoms with Crippen molar-refractivity contribution in [3.8, 4) is 0 Å². The molecule has 0 spiro atoms. The van der Waals surface area contributed by atoms with E-state index in [2.05, 4.69) is 49.3 Å². The molecule has 0 fully saturated rings. The minimum absolute atomic E-state index is 0.0147. The van der Waals surface area contributed by atoms with Crippen molar-refractivity contribution in [3.05, 3.63) is 35.5 Å². The van der Waals surface area contributed by atoms with E-state index in [1.807, 2.05) is 6.07 Å². The number of H-pyrrole nitrogens is 1. The maximum Gasteiger partial charge on any atom is 0.143 e. The summed E-state index contributed by atoms with van der Waals surface area (Å²) in [6.07, 6.45) is 0. The van der Waals surface area contributed by atoms with Crippen molar-refractivity contribution >= 4 is 16.7 Å². The van der Waals surface area contributed by atoms with Crippen LogP contribution in [-0.2, 0) is 10.2 Å². The minimum atomic E-state index is -0.0147. The molecule has 2 rings (SSSR count). The van der Waals surface area contributed by atoms with E-state index in [1.165, 1.54) is 22.2 Å². The number of ketones is 1. The monoisotopic (exact) mass is 258 g/mol. The Bertz CT molecular complexity index is 596. The highest BCUT2D eigenvalue weighted by molar-refractivity contribution is 5.85. The number of rotatable bonds is 5. The van der Waals surface area contributed by atoms with Gasteiger partial charge < -0.3 is 10.3 Å². The maximum atomic E-state index is 11.0. The zero-order valence-electron chi connectivity index (χ0n) is 12.1. The van der Waals surface area contributed by atoms with Gasteiger partial charge in [0.25, 0.3) is 0 Å². The first-order chi connectivity index (χ1) is 8.92. The van der Waals surface area contributed by atoms with Crippen molar-refractivity contribution in [1.29, 1.82) is 0 Å². The lowest BCUT2D eigenvalue weighted by atomic mass is 9.82. The van der Waals surface area contributed by atoms with Crippen LogP contribution in [0.4, 0.5) is 0 Å². The Morgan fingerprint density at radius 2 is 2.00 bits per heavy atom. The van der Waals surface area contributed by atoms with Crippen LogP contribution in [0.15, 0.2) is 24.3 Å². The first-order valence-electron chi connectivity index (χ1n) is 6.70. The van der Waals surface area contributed by atoms with Gasteiger partial charge in [0.2, 0.25) is 0 Å². The lowest BCUT2D eigenvalue weighted by Gasteiger charge is -2.26. The summed E-state index contributed by atoms with van der Waals surface area (Å²) in [6, 6.07) is 8.37. The van der Waals surface area contributed by atoms with Gasteiger partial charge in [0.1, 0.15) is 5.78 Å². The number of Topliss-reactive ketones (excluding diaryl/α,β-unsaturated/α-hetero) is 1. The standard InChI is InChI=1S/C16H22N2O/c1-11(19)9-17-10-16(3,4)15-12(2)18-14-8-6-5-7-13(14)15/h5-8,17-18H,9-10H2,1-4H3. The molecule has 0 aliphatic heterocycles. The maximum absolute atomic E-state index is 11.0. The van der Waals surface area contributed by atoms with E-state index in [4.69, 9.17) is 0 Å². The number of carbonyl (C=O) groups excluding carboxylic acids is 1. The molecule has 0 bridgehead atoms. The molecule has 0 atom stereocenters. The predicted molar refractivity (Wildman–Crippen MR) is 79.6 cm³/mol. The van der Waals surface area contributed by atoms with Gasteiger partial charge in [-0.15, -0.1) is 0 Å². The topological polar surface area (TPSA) is 44.9 Å². The highest BCUT2D eigenvalue weighted by Gasteiger charge is 2.26. The second-order valence-corrected chi connectivity index (χ2v) is 5.86. The molecule has 0 amide bonds. The van der Waals surface area contributed by atoms with Crippen LogP contribution >= 0.6 is 0 Å². The van der Waals surface area contributed by atoms with E-state index in [9.17, 15) is 4.79 Å². The van der Waals surface area contributed by atoms with Crippen molar-refractivity contribution in [1.82, 2.24) is 10.3 Å². The van der Waals surface area contributed by atoms with E-state index in [-0.39, 0.29) is 11.2 Å². The van der Waals surface area contributed by atoms with Gasteiger partial charge >= 0.3 is 0 Å². The molecule has 2 N–H and O–H groups in total. The van der Waals surface area contributed by atoms with E-state index in [1.54, 1.807) is 6.92 Å². The van der Waals surface area contributed by atoms with E-state index >= 15 is 0 Å². The molecule has 0 radical (unpaired) electrons. The quantitative estimate of drug-likeness (QED) is 0.866. The molecule has 2 aromatic rings. The molecular weight excluding hydrogens is 236 g/mol. The van der Waals surface area contributed by atoms with E-state index in [0.717, 1.165) is 6.54 Å². The normalized spacial score (nSPS) is 12.0. The zero-order chi connectivity index (χ0) is 14.0. The van der Waals surface area contributed by atoms with Crippen LogP contribution in [0.1, 0.15) is 32.0 Å². The van der Waals surface area contributed by atoms with Crippen LogP contribution in [0.2, 0.25) is 0 Å². The third-order valence-electron chi connectivity index (χ3n) is 3.51. The van der Waals surface area contributed by atoms with Gasteiger partial charge in [0, 0.05) is 28.6 Å². The zero-order valence-corrected chi connectivity index (χ0v) is 12.1. The van der Waals surface area contributed by atoms with Crippen molar-refractivity contribution < 1.29 is 4.79 Å². The number of benzene rings is 1. The largest absolute Gasteiger partial charge is 0.358 e. The Labute approximate surface area is 114 Å². The smallest absolute Gasteiger partial charge is 0.143 e. The summed E-state index contributed by atoms with van der Waals surface area (Å²) in [5.74, 6) is 0.173. The van der Waals surface area contributed by atoms with Gasteiger partial charge in [-0.05, 0) is 25.5 Å². The lowest BCUT2D eigenvalue weighted by molar-refractivity contribution is -0.116. The summed E-state index contributed by atoms with van der Waals surface area (Å²) < 4.78 is 0. The van der Waals surface area contributed by atoms with Crippen LogP contribution in [0.25, 0.3) is 10.9 Å². The number of carbonyl (C=O) groups is 1. The fourth-order valence-corrected chi connectivity index (χ4v) is 2.79. The van der Waals surface area contributed by atoms with Crippen LogP contribution in [0.5, 0.6) is 0 Å². The number of nitrogens with one attached hydrogen (secondary N) is 2. The molecule has 0 aliphatic rings. The third kappa shape index (κ3) is 2.87. The molecule has 102 valence electrons. The Morgan fingerprint density at radius 3 is 2.68 bits per heavy atom. The summed E-state index contributed by atoms with van der Waals surface area (Å²) in [4.78, 5) is 14.5.